The van der Waals surface area contributed by atoms with Crippen molar-refractivity contribution in [2.45, 2.75) is 44.7 Å². The van der Waals surface area contributed by atoms with Gasteiger partial charge in [0, 0.05) is 43.3 Å². The van der Waals surface area contributed by atoms with E-state index in [2.05, 4.69) is 30.8 Å². The molecule has 42 heavy (non-hydrogen) atoms. The van der Waals surface area contributed by atoms with Crippen molar-refractivity contribution < 1.29 is 23.8 Å². The summed E-state index contributed by atoms with van der Waals surface area (Å²) in [6.45, 7) is 5.16. The van der Waals surface area contributed by atoms with E-state index in [0.29, 0.717) is 31.1 Å². The molecule has 4 heterocycles. The highest BCUT2D eigenvalue weighted by molar-refractivity contribution is 7.09. The molecule has 4 aromatic rings. The number of pyridine rings is 1. The number of rotatable bonds is 11. The van der Waals surface area contributed by atoms with Crippen LogP contribution in [0.4, 0.5) is 10.6 Å². The minimum absolute atomic E-state index is 0.0643. The van der Waals surface area contributed by atoms with Gasteiger partial charge in [-0.3, -0.25) is 4.79 Å². The molecule has 2 atom stereocenters. The molecule has 0 aliphatic carbocycles. The van der Waals surface area contributed by atoms with Crippen LogP contribution in [0, 0.1) is 6.92 Å². The van der Waals surface area contributed by atoms with Gasteiger partial charge >= 0.3 is 6.09 Å². The van der Waals surface area contributed by atoms with Gasteiger partial charge in [0.25, 0.3) is 11.8 Å². The van der Waals surface area contributed by atoms with E-state index >= 15 is 0 Å². The van der Waals surface area contributed by atoms with E-state index in [1.54, 1.807) is 37.5 Å². The number of anilines is 1. The van der Waals surface area contributed by atoms with Crippen molar-refractivity contribution in [3.63, 3.8) is 0 Å². The van der Waals surface area contributed by atoms with E-state index in [4.69, 9.17) is 9.15 Å². The number of aryl methyl sites for hydroxylation is 1. The molecule has 3 aromatic heterocycles. The number of benzene rings is 1. The molecule has 1 saturated heterocycles. The van der Waals surface area contributed by atoms with E-state index < -0.39 is 11.6 Å². The summed E-state index contributed by atoms with van der Waals surface area (Å²) in [7, 11) is 1.60. The van der Waals surface area contributed by atoms with Crippen LogP contribution in [0.5, 0.6) is 0 Å². The quantitative estimate of drug-likeness (QED) is 0.210. The van der Waals surface area contributed by atoms with Crippen molar-refractivity contribution in [1.82, 2.24) is 30.4 Å². The first-order valence-electron chi connectivity index (χ1n) is 13.6. The molecule has 0 radical (unpaired) electrons. The third-order valence-electron chi connectivity index (χ3n) is 7.02. The van der Waals surface area contributed by atoms with Crippen LogP contribution in [0.25, 0.3) is 11.6 Å². The molecule has 0 unspecified atom stereocenters. The first-order chi connectivity index (χ1) is 20.3. The van der Waals surface area contributed by atoms with E-state index in [9.17, 15) is 14.7 Å². The molecule has 0 saturated carbocycles. The lowest BCUT2D eigenvalue weighted by molar-refractivity contribution is 0.0735. The zero-order valence-corrected chi connectivity index (χ0v) is 24.5. The Morgan fingerprint density at radius 2 is 2.02 bits per heavy atom. The Morgan fingerprint density at radius 1 is 1.21 bits per heavy atom. The van der Waals surface area contributed by atoms with Crippen molar-refractivity contribution >= 4 is 29.2 Å². The predicted octanol–water partition coefficient (Wildman–Crippen LogP) is 4.66. The number of amides is 2. The van der Waals surface area contributed by atoms with Gasteiger partial charge in [-0.15, -0.1) is 21.5 Å². The molecular formula is C29H33N7O5S. The maximum atomic E-state index is 13.9. The van der Waals surface area contributed by atoms with Crippen LogP contribution in [-0.2, 0) is 16.7 Å². The highest BCUT2D eigenvalue weighted by Crippen LogP contribution is 2.35. The number of hydrogen-bond donors (Lipinski definition) is 3. The minimum atomic E-state index is -1.22. The van der Waals surface area contributed by atoms with Gasteiger partial charge in [0.1, 0.15) is 22.1 Å². The summed E-state index contributed by atoms with van der Waals surface area (Å²) < 4.78 is 11.2. The molecule has 2 amide bonds. The Bertz CT molecular complexity index is 1540. The Morgan fingerprint density at radius 3 is 2.74 bits per heavy atom. The maximum absolute atomic E-state index is 13.9. The molecule has 0 spiro atoms. The lowest BCUT2D eigenvalue weighted by Crippen LogP contribution is -2.44. The Labute approximate surface area is 247 Å². The van der Waals surface area contributed by atoms with Crippen LogP contribution in [-0.4, -0.2) is 69.0 Å². The molecular weight excluding hydrogens is 558 g/mol. The zero-order valence-electron chi connectivity index (χ0n) is 23.7. The van der Waals surface area contributed by atoms with Crippen LogP contribution < -0.4 is 10.6 Å². The summed E-state index contributed by atoms with van der Waals surface area (Å²) in [5.74, 6) is 0.443. The molecule has 1 aromatic carbocycles. The number of nitrogens with zero attached hydrogens (tertiary/aromatic N) is 5. The number of carbonyl (C=O) groups excluding carboxylic acids is 1. The predicted molar refractivity (Wildman–Crippen MR) is 156 cm³/mol. The number of methoxy groups -OCH3 is 1. The van der Waals surface area contributed by atoms with Gasteiger partial charge in [0.05, 0.1) is 12.6 Å². The highest BCUT2D eigenvalue weighted by atomic mass is 32.1. The van der Waals surface area contributed by atoms with E-state index in [1.165, 1.54) is 0 Å². The molecule has 0 bridgehead atoms. The second-order valence-electron chi connectivity index (χ2n) is 10.4. The van der Waals surface area contributed by atoms with Crippen molar-refractivity contribution in [2.24, 2.45) is 0 Å². The minimum Gasteiger partial charge on any atom is -0.465 e. The number of carboxylic acid groups (broad SMARTS) is 1. The van der Waals surface area contributed by atoms with Gasteiger partial charge in [-0.1, -0.05) is 30.3 Å². The number of ether oxygens (including phenoxy) is 1. The third kappa shape index (κ3) is 6.58. The zero-order chi connectivity index (χ0) is 29.7. The average Bonchev–Trinajstić information content (AvgIpc) is 3.74. The summed E-state index contributed by atoms with van der Waals surface area (Å²) in [5.41, 5.74) is 1.32. The molecule has 13 heteroatoms. The largest absolute Gasteiger partial charge is 0.465 e. The van der Waals surface area contributed by atoms with Crippen molar-refractivity contribution in [3.05, 3.63) is 75.6 Å². The smallest absolute Gasteiger partial charge is 0.405 e. The number of nitrogens with one attached hydrogen (secondary N) is 2. The van der Waals surface area contributed by atoms with Gasteiger partial charge in [0.15, 0.2) is 0 Å². The van der Waals surface area contributed by atoms with Gasteiger partial charge in [0.2, 0.25) is 5.89 Å². The first-order valence-corrected chi connectivity index (χ1v) is 14.5. The van der Waals surface area contributed by atoms with Crippen molar-refractivity contribution in [1.29, 1.82) is 0 Å². The first kappa shape index (κ1) is 29.1. The fraction of sp³-hybridized carbons (Fsp3) is 0.379. The average molecular weight is 592 g/mol. The SMILES string of the molecule is COCCNc1cc(C(=O)N2CCC[C@@H]2c2nc(C)cs2)cc(-c2nnc([C@@](C)(Cc3ccccc3)NC(=O)O)o2)n1. The van der Waals surface area contributed by atoms with Gasteiger partial charge in [-0.05, 0) is 44.4 Å². The monoisotopic (exact) mass is 591 g/mol. The summed E-state index contributed by atoms with van der Waals surface area (Å²) in [4.78, 5) is 36.7. The van der Waals surface area contributed by atoms with Crippen molar-refractivity contribution in [2.75, 3.05) is 32.1 Å². The van der Waals surface area contributed by atoms with Crippen LogP contribution in [0.3, 0.4) is 0 Å². The summed E-state index contributed by atoms with van der Waals surface area (Å²) in [6.07, 6.45) is 0.790. The standard InChI is InChI=1S/C29H33N7O5S/c1-18-17-42-25(31-18)22-10-7-12-36(22)26(37)20-14-21(32-23(15-20)30-11-13-40-3)24-34-35-27(41-24)29(2,33-28(38)39)16-19-8-5-4-6-9-19/h4-6,8-9,14-15,17,22,33H,7,10-13,16H2,1-3H3,(H,30,32)(H,38,39)/t22-,29-/m1/s1. The lowest BCUT2D eigenvalue weighted by Gasteiger charge is -2.25. The normalized spacial score (nSPS) is 16.3. The van der Waals surface area contributed by atoms with Gasteiger partial charge in [-0.25, -0.2) is 14.8 Å². The summed E-state index contributed by atoms with van der Waals surface area (Å²) >= 11 is 1.56. The molecule has 1 aliphatic rings. The lowest BCUT2D eigenvalue weighted by atomic mass is 9.93. The van der Waals surface area contributed by atoms with Crippen LogP contribution in [0.15, 0.2) is 52.3 Å². The van der Waals surface area contributed by atoms with Gasteiger partial charge < -0.3 is 29.8 Å². The topological polar surface area (TPSA) is 156 Å². The highest BCUT2D eigenvalue weighted by Gasteiger charge is 2.36. The van der Waals surface area contributed by atoms with Gasteiger partial charge in [-0.2, -0.15) is 0 Å². The van der Waals surface area contributed by atoms with E-state index in [-0.39, 0.29) is 35.8 Å². The second-order valence-corrected chi connectivity index (χ2v) is 11.3. The van der Waals surface area contributed by atoms with E-state index in [1.807, 2.05) is 47.5 Å². The molecule has 12 nitrogen and oxygen atoms in total. The number of hydrogen-bond acceptors (Lipinski definition) is 10. The molecule has 5 rings (SSSR count). The molecule has 1 fully saturated rings. The second kappa shape index (κ2) is 12.7. The fourth-order valence-corrected chi connectivity index (χ4v) is 6.00. The molecule has 220 valence electrons. The van der Waals surface area contributed by atoms with Crippen LogP contribution in [0.2, 0.25) is 0 Å². The number of aromatic nitrogens is 4. The van der Waals surface area contributed by atoms with Crippen molar-refractivity contribution in [3.8, 4) is 11.6 Å². The number of likely N-dealkylation sites (tertiary alicyclic amines) is 1. The molecule has 3 N–H and O–H groups in total. The van der Waals surface area contributed by atoms with Crippen LogP contribution in [0.1, 0.15) is 58.3 Å². The third-order valence-corrected chi connectivity index (χ3v) is 8.08. The summed E-state index contributed by atoms with van der Waals surface area (Å²) in [5, 5.41) is 26.6. The Balaban J connectivity index is 1.48. The molecule has 1 aliphatic heterocycles. The van der Waals surface area contributed by atoms with E-state index in [0.717, 1.165) is 29.1 Å². The Hall–Kier alpha value is -4.36. The maximum Gasteiger partial charge on any atom is 0.405 e. The fourth-order valence-electron chi connectivity index (χ4n) is 5.06. The number of carbonyl (C=O) groups is 2. The summed E-state index contributed by atoms with van der Waals surface area (Å²) in [6, 6.07) is 12.7. The van der Waals surface area contributed by atoms with Crippen LogP contribution >= 0.6 is 11.3 Å². The number of thiazole rings is 1. The Kier molecular flexibility index (Phi) is 8.78.